The van der Waals surface area contributed by atoms with Crippen molar-refractivity contribution in [2.75, 3.05) is 18.8 Å². The van der Waals surface area contributed by atoms with Crippen LogP contribution in [0.15, 0.2) is 16.9 Å². The molecule has 2 aromatic rings. The Balaban J connectivity index is 2.66. The van der Waals surface area contributed by atoms with Crippen LogP contribution in [0, 0.1) is 6.92 Å². The molecular weight excluding hydrogens is 244 g/mol. The Bertz CT molecular complexity index is 680. The summed E-state index contributed by atoms with van der Waals surface area (Å²) in [6, 6.07) is 3.12. The lowest BCUT2D eigenvalue weighted by Gasteiger charge is -2.18. The van der Waals surface area contributed by atoms with Gasteiger partial charge in [0.2, 0.25) is 0 Å². The second kappa shape index (κ2) is 4.79. The zero-order valence-corrected chi connectivity index (χ0v) is 11.4. The summed E-state index contributed by atoms with van der Waals surface area (Å²) in [6.45, 7) is 6.72. The molecule has 1 aromatic heterocycles. The number of carbonyl (C=O) groups is 1. The van der Waals surface area contributed by atoms with E-state index >= 15 is 0 Å². The Morgan fingerprint density at radius 1 is 1.37 bits per heavy atom. The number of aromatic amines is 1. The molecule has 0 radical (unpaired) electrons. The quantitative estimate of drug-likeness (QED) is 0.805. The highest BCUT2D eigenvalue weighted by molar-refractivity contribution is 5.91. The maximum Gasteiger partial charge on any atom is 0.334 e. The average Bonchev–Trinajstić information content (AvgIpc) is 2.66. The number of H-pyrrole nitrogens is 1. The summed E-state index contributed by atoms with van der Waals surface area (Å²) in [6.07, 6.45) is 0. The van der Waals surface area contributed by atoms with Gasteiger partial charge in [-0.05, 0) is 38.5 Å². The number of anilines is 1. The zero-order chi connectivity index (χ0) is 14.2. The second-order valence-electron chi connectivity index (χ2n) is 4.45. The molecule has 0 saturated carbocycles. The molecule has 0 atom stereocenters. The van der Waals surface area contributed by atoms with Crippen LogP contribution in [-0.2, 0) is 0 Å². The molecule has 0 spiro atoms. The average molecular weight is 262 g/mol. The first-order valence-corrected chi connectivity index (χ1v) is 6.29. The van der Waals surface area contributed by atoms with Crippen molar-refractivity contribution in [1.82, 2.24) is 14.5 Å². The zero-order valence-electron chi connectivity index (χ0n) is 11.4. The van der Waals surface area contributed by atoms with E-state index in [1.807, 2.05) is 20.8 Å². The Hall–Kier alpha value is -2.24. The Morgan fingerprint density at radius 3 is 2.58 bits per heavy atom. The molecule has 1 amide bonds. The Morgan fingerprint density at radius 2 is 2.00 bits per heavy atom. The standard InChI is InChI=1S/C13H18N4O2/c1-4-16(5-2)13(19)17-11-6-8(3)9(14)7-10(11)15-12(17)18/h6-7H,4-5,14H2,1-3H3,(H,15,18). The molecule has 0 fully saturated rings. The monoisotopic (exact) mass is 262 g/mol. The Kier molecular flexibility index (Phi) is 3.33. The number of nitrogens with one attached hydrogen (secondary N) is 1. The van der Waals surface area contributed by atoms with Crippen molar-refractivity contribution in [3.05, 3.63) is 28.2 Å². The van der Waals surface area contributed by atoms with Crippen molar-refractivity contribution >= 4 is 22.8 Å². The summed E-state index contributed by atoms with van der Waals surface area (Å²) >= 11 is 0. The van der Waals surface area contributed by atoms with Gasteiger partial charge in [0.15, 0.2) is 0 Å². The molecule has 0 aliphatic heterocycles. The fourth-order valence-electron chi connectivity index (χ4n) is 2.10. The topological polar surface area (TPSA) is 84.1 Å². The van der Waals surface area contributed by atoms with Crippen molar-refractivity contribution in [2.45, 2.75) is 20.8 Å². The molecule has 3 N–H and O–H groups in total. The fraction of sp³-hybridized carbons (Fsp3) is 0.385. The van der Waals surface area contributed by atoms with E-state index in [1.165, 1.54) is 0 Å². The third-order valence-corrected chi connectivity index (χ3v) is 3.30. The maximum atomic E-state index is 12.3. The summed E-state index contributed by atoms with van der Waals surface area (Å²) < 4.78 is 1.16. The normalized spacial score (nSPS) is 10.9. The molecule has 19 heavy (non-hydrogen) atoms. The lowest BCUT2D eigenvalue weighted by Crippen LogP contribution is -2.38. The SMILES string of the molecule is CCN(CC)C(=O)n1c(=O)[nH]c2cc(N)c(C)cc21. The largest absolute Gasteiger partial charge is 0.398 e. The van der Waals surface area contributed by atoms with E-state index in [1.54, 1.807) is 17.0 Å². The number of benzene rings is 1. The van der Waals surface area contributed by atoms with Gasteiger partial charge in [-0.15, -0.1) is 0 Å². The van der Waals surface area contributed by atoms with Crippen LogP contribution >= 0.6 is 0 Å². The number of rotatable bonds is 2. The first-order valence-electron chi connectivity index (χ1n) is 6.29. The van der Waals surface area contributed by atoms with Crippen LogP contribution in [0.2, 0.25) is 0 Å². The number of nitrogens with zero attached hydrogens (tertiary/aromatic N) is 2. The first kappa shape index (κ1) is 13.2. The van der Waals surface area contributed by atoms with E-state index in [4.69, 9.17) is 5.73 Å². The van der Waals surface area contributed by atoms with Gasteiger partial charge >= 0.3 is 11.7 Å². The number of hydrogen-bond donors (Lipinski definition) is 2. The molecule has 102 valence electrons. The number of nitrogens with two attached hydrogens (primary N) is 1. The van der Waals surface area contributed by atoms with E-state index in [-0.39, 0.29) is 6.03 Å². The molecule has 2 rings (SSSR count). The molecular formula is C13H18N4O2. The van der Waals surface area contributed by atoms with E-state index in [0.717, 1.165) is 10.1 Å². The minimum Gasteiger partial charge on any atom is -0.398 e. The van der Waals surface area contributed by atoms with Gasteiger partial charge in [0.1, 0.15) is 0 Å². The third kappa shape index (κ3) is 2.09. The third-order valence-electron chi connectivity index (χ3n) is 3.30. The predicted molar refractivity (Wildman–Crippen MR) is 75.4 cm³/mol. The molecule has 1 aromatic carbocycles. The van der Waals surface area contributed by atoms with Crippen LogP contribution in [0.4, 0.5) is 10.5 Å². The van der Waals surface area contributed by atoms with Crippen LogP contribution in [0.1, 0.15) is 19.4 Å². The lowest BCUT2D eigenvalue weighted by atomic mass is 10.2. The summed E-state index contributed by atoms with van der Waals surface area (Å²) in [7, 11) is 0. The van der Waals surface area contributed by atoms with E-state index in [9.17, 15) is 9.59 Å². The van der Waals surface area contributed by atoms with Gasteiger partial charge in [-0.25, -0.2) is 14.2 Å². The first-order chi connectivity index (χ1) is 8.99. The summed E-state index contributed by atoms with van der Waals surface area (Å²) in [5.74, 6) is 0. The number of amides is 1. The molecule has 6 heteroatoms. The highest BCUT2D eigenvalue weighted by Crippen LogP contribution is 2.19. The number of aromatic nitrogens is 2. The molecule has 0 saturated heterocycles. The van der Waals surface area contributed by atoms with Gasteiger partial charge in [0.25, 0.3) is 0 Å². The molecule has 0 aliphatic rings. The smallest absolute Gasteiger partial charge is 0.334 e. The molecule has 1 heterocycles. The minimum atomic E-state index is -0.433. The van der Waals surface area contributed by atoms with Gasteiger partial charge in [-0.1, -0.05) is 0 Å². The lowest BCUT2D eigenvalue weighted by molar-refractivity contribution is 0.205. The molecule has 0 bridgehead atoms. The molecule has 6 nitrogen and oxygen atoms in total. The predicted octanol–water partition coefficient (Wildman–Crippen LogP) is 1.53. The second-order valence-corrected chi connectivity index (χ2v) is 4.45. The highest BCUT2D eigenvalue weighted by Gasteiger charge is 2.18. The molecule has 0 aliphatic carbocycles. The van der Waals surface area contributed by atoms with Crippen molar-refractivity contribution < 1.29 is 4.79 Å². The van der Waals surface area contributed by atoms with E-state index < -0.39 is 5.69 Å². The summed E-state index contributed by atoms with van der Waals surface area (Å²) in [5, 5.41) is 0. The van der Waals surface area contributed by atoms with Gasteiger partial charge in [-0.3, -0.25) is 0 Å². The number of carbonyl (C=O) groups excluding carboxylic acids is 1. The minimum absolute atomic E-state index is 0.314. The van der Waals surface area contributed by atoms with Crippen molar-refractivity contribution in [3.8, 4) is 0 Å². The van der Waals surface area contributed by atoms with Crippen molar-refractivity contribution in [1.29, 1.82) is 0 Å². The fourth-order valence-corrected chi connectivity index (χ4v) is 2.10. The van der Waals surface area contributed by atoms with Crippen molar-refractivity contribution in [2.24, 2.45) is 0 Å². The van der Waals surface area contributed by atoms with Gasteiger partial charge < -0.3 is 15.6 Å². The van der Waals surface area contributed by atoms with E-state index in [0.29, 0.717) is 29.8 Å². The Labute approximate surface area is 110 Å². The van der Waals surface area contributed by atoms with E-state index in [2.05, 4.69) is 4.98 Å². The summed E-state index contributed by atoms with van der Waals surface area (Å²) in [5.41, 5.74) is 7.95. The maximum absolute atomic E-state index is 12.3. The van der Waals surface area contributed by atoms with Gasteiger partial charge in [-0.2, -0.15) is 0 Å². The van der Waals surface area contributed by atoms with Gasteiger partial charge in [0, 0.05) is 18.8 Å². The number of hydrogen-bond acceptors (Lipinski definition) is 3. The number of nitrogen functional groups attached to an aromatic ring is 1. The van der Waals surface area contributed by atoms with Crippen LogP contribution in [0.25, 0.3) is 11.0 Å². The van der Waals surface area contributed by atoms with Crippen LogP contribution in [-0.4, -0.2) is 33.6 Å². The highest BCUT2D eigenvalue weighted by atomic mass is 16.2. The van der Waals surface area contributed by atoms with Crippen molar-refractivity contribution in [3.63, 3.8) is 0 Å². The van der Waals surface area contributed by atoms with Crippen LogP contribution < -0.4 is 11.4 Å². The number of imidazole rings is 1. The molecule has 0 unspecified atom stereocenters. The van der Waals surface area contributed by atoms with Crippen LogP contribution in [0.5, 0.6) is 0 Å². The summed E-state index contributed by atoms with van der Waals surface area (Å²) in [4.78, 5) is 28.6. The van der Waals surface area contributed by atoms with Crippen LogP contribution in [0.3, 0.4) is 0 Å². The number of fused-ring (bicyclic) bond motifs is 1. The number of aryl methyl sites for hydroxylation is 1. The van der Waals surface area contributed by atoms with Gasteiger partial charge in [0.05, 0.1) is 11.0 Å².